The van der Waals surface area contributed by atoms with Crippen LogP contribution in [-0.4, -0.2) is 49.7 Å². The van der Waals surface area contributed by atoms with Gasteiger partial charge in [0.05, 0.1) is 6.61 Å². The molecule has 4 nitrogen and oxygen atoms in total. The summed E-state index contributed by atoms with van der Waals surface area (Å²) in [5, 5.41) is 3.36. The van der Waals surface area contributed by atoms with Gasteiger partial charge in [-0.05, 0) is 45.1 Å². The second-order valence-corrected chi connectivity index (χ2v) is 5.14. The van der Waals surface area contributed by atoms with Gasteiger partial charge in [-0.25, -0.2) is 0 Å². The van der Waals surface area contributed by atoms with E-state index in [1.54, 1.807) is 0 Å². The first kappa shape index (κ1) is 12.8. The number of hydrogen-bond donors (Lipinski definition) is 1. The van der Waals surface area contributed by atoms with E-state index in [2.05, 4.69) is 5.32 Å². The Morgan fingerprint density at radius 2 is 2.24 bits per heavy atom. The van der Waals surface area contributed by atoms with Gasteiger partial charge in [0.1, 0.15) is 6.61 Å². The highest BCUT2D eigenvalue weighted by molar-refractivity contribution is 5.78. The van der Waals surface area contributed by atoms with Crippen LogP contribution in [0.3, 0.4) is 0 Å². The van der Waals surface area contributed by atoms with Crippen molar-refractivity contribution in [2.75, 3.05) is 32.8 Å². The van der Waals surface area contributed by atoms with Crippen molar-refractivity contribution in [3.8, 4) is 0 Å². The Hall–Kier alpha value is -0.610. The number of likely N-dealkylation sites (N-methyl/N-ethyl adjacent to an activating group) is 1. The van der Waals surface area contributed by atoms with Crippen molar-refractivity contribution in [2.24, 2.45) is 5.92 Å². The van der Waals surface area contributed by atoms with E-state index in [4.69, 9.17) is 4.74 Å². The van der Waals surface area contributed by atoms with Gasteiger partial charge in [0.15, 0.2) is 0 Å². The summed E-state index contributed by atoms with van der Waals surface area (Å²) in [6, 6.07) is 0.507. The lowest BCUT2D eigenvalue weighted by atomic mass is 10.0. The topological polar surface area (TPSA) is 41.6 Å². The van der Waals surface area contributed by atoms with Gasteiger partial charge in [-0.2, -0.15) is 0 Å². The largest absolute Gasteiger partial charge is 0.371 e. The molecule has 2 fully saturated rings. The minimum Gasteiger partial charge on any atom is -0.371 e. The maximum atomic E-state index is 11.9. The Morgan fingerprint density at radius 1 is 1.41 bits per heavy atom. The Morgan fingerprint density at radius 3 is 2.82 bits per heavy atom. The Balaban J connectivity index is 1.61. The molecule has 0 spiro atoms. The summed E-state index contributed by atoms with van der Waals surface area (Å²) in [7, 11) is 0. The van der Waals surface area contributed by atoms with Crippen molar-refractivity contribution < 1.29 is 9.53 Å². The lowest BCUT2D eigenvalue weighted by Crippen LogP contribution is -2.37. The monoisotopic (exact) mass is 240 g/mol. The maximum absolute atomic E-state index is 11.9. The van der Waals surface area contributed by atoms with Gasteiger partial charge in [0.25, 0.3) is 0 Å². The van der Waals surface area contributed by atoms with Gasteiger partial charge in [-0.15, -0.1) is 0 Å². The normalized spacial score (nSPS) is 24.6. The summed E-state index contributed by atoms with van der Waals surface area (Å²) < 4.78 is 5.56. The number of piperidine rings is 1. The minimum atomic E-state index is 0.166. The van der Waals surface area contributed by atoms with Crippen LogP contribution in [0.25, 0.3) is 0 Å². The standard InChI is InChI=1S/C13H24N2O2/c1-2-15(12-5-6-12)13(16)10-17-9-11-4-3-7-14-8-11/h11-12,14H,2-10H2,1H3. The van der Waals surface area contributed by atoms with E-state index in [1.807, 2.05) is 11.8 Å². The number of nitrogens with zero attached hydrogens (tertiary/aromatic N) is 1. The molecule has 4 heteroatoms. The molecule has 98 valence electrons. The zero-order valence-electron chi connectivity index (χ0n) is 10.8. The van der Waals surface area contributed by atoms with Crippen molar-refractivity contribution in [3.05, 3.63) is 0 Å². The highest BCUT2D eigenvalue weighted by atomic mass is 16.5. The molecule has 1 amide bonds. The number of carbonyl (C=O) groups is 1. The van der Waals surface area contributed by atoms with Crippen LogP contribution >= 0.6 is 0 Å². The molecule has 1 heterocycles. The van der Waals surface area contributed by atoms with Crippen LogP contribution in [0.2, 0.25) is 0 Å². The van der Waals surface area contributed by atoms with E-state index >= 15 is 0 Å². The van der Waals surface area contributed by atoms with Crippen LogP contribution in [0.15, 0.2) is 0 Å². The molecule has 1 aliphatic heterocycles. The molecule has 1 saturated heterocycles. The summed E-state index contributed by atoms with van der Waals surface area (Å²) in [6.07, 6.45) is 4.80. The third-order valence-corrected chi connectivity index (χ3v) is 3.63. The quantitative estimate of drug-likeness (QED) is 0.753. The molecule has 1 saturated carbocycles. The third kappa shape index (κ3) is 3.96. The van der Waals surface area contributed by atoms with Crippen molar-refractivity contribution in [3.63, 3.8) is 0 Å². The van der Waals surface area contributed by atoms with Crippen LogP contribution in [0, 0.1) is 5.92 Å². The molecule has 0 aromatic heterocycles. The predicted molar refractivity (Wildman–Crippen MR) is 66.8 cm³/mol. The number of rotatable bonds is 6. The van der Waals surface area contributed by atoms with Gasteiger partial charge >= 0.3 is 0 Å². The molecule has 1 atom stereocenters. The van der Waals surface area contributed by atoms with Crippen LogP contribution in [-0.2, 0) is 9.53 Å². The van der Waals surface area contributed by atoms with Crippen LogP contribution in [0.4, 0.5) is 0 Å². The molecule has 17 heavy (non-hydrogen) atoms. The Labute approximate surface area is 104 Å². The second kappa shape index (κ2) is 6.36. The van der Waals surface area contributed by atoms with Crippen molar-refractivity contribution in [1.82, 2.24) is 10.2 Å². The smallest absolute Gasteiger partial charge is 0.248 e. The first-order valence-corrected chi connectivity index (χ1v) is 6.89. The van der Waals surface area contributed by atoms with Gasteiger partial charge < -0.3 is 15.0 Å². The predicted octanol–water partition coefficient (Wildman–Crippen LogP) is 1.01. The lowest BCUT2D eigenvalue weighted by molar-refractivity contribution is -0.137. The van der Waals surface area contributed by atoms with E-state index < -0.39 is 0 Å². The molecule has 2 aliphatic rings. The molecule has 2 rings (SSSR count). The van der Waals surface area contributed by atoms with Gasteiger partial charge in [-0.3, -0.25) is 4.79 Å². The van der Waals surface area contributed by atoms with Gasteiger partial charge in [-0.1, -0.05) is 0 Å². The number of ether oxygens (including phenoxy) is 1. The molecule has 1 unspecified atom stereocenters. The number of amides is 1. The van der Waals surface area contributed by atoms with E-state index in [1.165, 1.54) is 25.7 Å². The SMILES string of the molecule is CCN(C(=O)COCC1CCCNC1)C1CC1. The molecule has 0 aromatic carbocycles. The lowest BCUT2D eigenvalue weighted by Gasteiger charge is -2.24. The van der Waals surface area contributed by atoms with E-state index in [0.717, 1.165) is 26.2 Å². The van der Waals surface area contributed by atoms with Crippen LogP contribution in [0.5, 0.6) is 0 Å². The third-order valence-electron chi connectivity index (χ3n) is 3.63. The minimum absolute atomic E-state index is 0.166. The summed E-state index contributed by atoms with van der Waals surface area (Å²) in [4.78, 5) is 13.8. The van der Waals surface area contributed by atoms with Crippen molar-refractivity contribution >= 4 is 5.91 Å². The van der Waals surface area contributed by atoms with Gasteiger partial charge in [0.2, 0.25) is 5.91 Å². The Kier molecular flexibility index (Phi) is 4.80. The van der Waals surface area contributed by atoms with Crippen molar-refractivity contribution in [2.45, 2.75) is 38.6 Å². The summed E-state index contributed by atoms with van der Waals surface area (Å²) in [6.45, 7) is 6.01. The van der Waals surface area contributed by atoms with Crippen LogP contribution in [0.1, 0.15) is 32.6 Å². The fourth-order valence-electron chi connectivity index (χ4n) is 2.49. The molecule has 1 N–H and O–H groups in total. The second-order valence-electron chi connectivity index (χ2n) is 5.14. The molecule has 1 aliphatic carbocycles. The van der Waals surface area contributed by atoms with E-state index in [0.29, 0.717) is 12.0 Å². The maximum Gasteiger partial charge on any atom is 0.248 e. The zero-order valence-corrected chi connectivity index (χ0v) is 10.8. The Bertz CT molecular complexity index is 248. The molecular formula is C13H24N2O2. The molecule has 0 bridgehead atoms. The van der Waals surface area contributed by atoms with E-state index in [-0.39, 0.29) is 12.5 Å². The first-order chi connectivity index (χ1) is 8.31. The molecular weight excluding hydrogens is 216 g/mol. The summed E-state index contributed by atoms with van der Waals surface area (Å²) in [5.41, 5.74) is 0. The van der Waals surface area contributed by atoms with E-state index in [9.17, 15) is 4.79 Å². The summed E-state index contributed by atoms with van der Waals surface area (Å²) in [5.74, 6) is 0.756. The highest BCUT2D eigenvalue weighted by Gasteiger charge is 2.31. The number of carbonyl (C=O) groups excluding carboxylic acids is 1. The number of hydrogen-bond acceptors (Lipinski definition) is 3. The van der Waals surface area contributed by atoms with Crippen molar-refractivity contribution in [1.29, 1.82) is 0 Å². The molecule has 0 aromatic rings. The van der Waals surface area contributed by atoms with Crippen LogP contribution < -0.4 is 5.32 Å². The average molecular weight is 240 g/mol. The average Bonchev–Trinajstić information content (AvgIpc) is 3.16. The van der Waals surface area contributed by atoms with Gasteiger partial charge in [0, 0.05) is 19.1 Å². The fraction of sp³-hybridized carbons (Fsp3) is 0.923. The highest BCUT2D eigenvalue weighted by Crippen LogP contribution is 2.26. The summed E-state index contributed by atoms with van der Waals surface area (Å²) >= 11 is 0. The molecule has 0 radical (unpaired) electrons. The number of nitrogens with one attached hydrogen (secondary N) is 1. The zero-order chi connectivity index (χ0) is 12.1. The fourth-order valence-corrected chi connectivity index (χ4v) is 2.49. The first-order valence-electron chi connectivity index (χ1n) is 6.89.